The molecule has 0 unspecified atom stereocenters. The molecule has 0 N–H and O–H groups in total. The van der Waals surface area contributed by atoms with Crippen LogP contribution in [-0.2, 0) is 4.79 Å². The lowest BCUT2D eigenvalue weighted by Gasteiger charge is -2.20. The molecule has 0 aliphatic carbocycles. The summed E-state index contributed by atoms with van der Waals surface area (Å²) < 4.78 is 0. The molecule has 6 heteroatoms. The summed E-state index contributed by atoms with van der Waals surface area (Å²) in [5.41, 5.74) is 1.65. The van der Waals surface area contributed by atoms with Gasteiger partial charge in [0.05, 0.1) is 16.8 Å². The summed E-state index contributed by atoms with van der Waals surface area (Å²) in [6.07, 6.45) is 4.32. The Morgan fingerprint density at radius 1 is 1.18 bits per heavy atom. The van der Waals surface area contributed by atoms with Crippen molar-refractivity contribution in [2.24, 2.45) is 0 Å². The number of benzene rings is 1. The zero-order chi connectivity index (χ0) is 19.6. The molecule has 1 aromatic carbocycles. The third kappa shape index (κ3) is 5.48. The van der Waals surface area contributed by atoms with Gasteiger partial charge in [0.2, 0.25) is 5.91 Å². The van der Waals surface area contributed by atoms with Crippen molar-refractivity contribution in [2.45, 2.75) is 32.6 Å². The number of unbranched alkanes of at least 4 members (excludes halogenated alkanes) is 1. The summed E-state index contributed by atoms with van der Waals surface area (Å²) in [5.74, 6) is 6.49. The second-order valence-corrected chi connectivity index (χ2v) is 7.13. The molecule has 28 heavy (non-hydrogen) atoms. The number of aromatic nitrogens is 3. The second-order valence-electron chi connectivity index (χ2n) is 6.19. The van der Waals surface area contributed by atoms with Gasteiger partial charge < -0.3 is 0 Å². The fourth-order valence-electron chi connectivity index (χ4n) is 2.61. The van der Waals surface area contributed by atoms with Crippen molar-refractivity contribution in [3.8, 4) is 23.1 Å². The minimum atomic E-state index is -0.0269. The van der Waals surface area contributed by atoms with Crippen LogP contribution in [0.15, 0.2) is 54.0 Å². The highest BCUT2D eigenvalue weighted by atomic mass is 32.1. The lowest BCUT2D eigenvalue weighted by molar-refractivity contribution is -0.118. The number of anilines is 1. The van der Waals surface area contributed by atoms with Gasteiger partial charge in [-0.15, -0.1) is 16.4 Å². The summed E-state index contributed by atoms with van der Waals surface area (Å²) in [4.78, 5) is 20.0. The topological polar surface area (TPSA) is 59.0 Å². The first-order valence-electron chi connectivity index (χ1n) is 9.36. The smallest absolute Gasteiger partial charge is 0.252 e. The van der Waals surface area contributed by atoms with E-state index < -0.39 is 0 Å². The Kier molecular flexibility index (Phi) is 7.28. The molecule has 2 heterocycles. The first-order valence-corrected chi connectivity index (χ1v) is 10.2. The fourth-order valence-corrected chi connectivity index (χ4v) is 3.20. The molecule has 0 saturated carbocycles. The van der Waals surface area contributed by atoms with E-state index in [1.807, 2.05) is 47.8 Å². The lowest BCUT2D eigenvalue weighted by atomic mass is 10.2. The summed E-state index contributed by atoms with van der Waals surface area (Å²) in [7, 11) is 0. The second kappa shape index (κ2) is 10.3. The number of rotatable bonds is 7. The average Bonchev–Trinajstić information content (AvgIpc) is 3.26. The molecule has 0 aliphatic heterocycles. The van der Waals surface area contributed by atoms with Gasteiger partial charge in [-0.25, -0.2) is 4.98 Å². The largest absolute Gasteiger partial charge is 0.279 e. The van der Waals surface area contributed by atoms with Crippen molar-refractivity contribution in [1.82, 2.24) is 15.2 Å². The van der Waals surface area contributed by atoms with Crippen LogP contribution < -0.4 is 4.90 Å². The van der Waals surface area contributed by atoms with E-state index in [0.29, 0.717) is 31.0 Å². The third-order valence-electron chi connectivity index (χ3n) is 4.09. The first-order chi connectivity index (χ1) is 13.8. The van der Waals surface area contributed by atoms with Crippen LogP contribution in [0.5, 0.6) is 0 Å². The minimum Gasteiger partial charge on any atom is -0.279 e. The Morgan fingerprint density at radius 3 is 2.79 bits per heavy atom. The van der Waals surface area contributed by atoms with Crippen LogP contribution in [0.25, 0.3) is 11.3 Å². The molecule has 3 aromatic rings. The first kappa shape index (κ1) is 19.7. The van der Waals surface area contributed by atoms with Gasteiger partial charge in [0.25, 0.3) is 5.95 Å². The highest BCUT2D eigenvalue weighted by Gasteiger charge is 2.18. The molecule has 142 valence electrons. The number of thiophene rings is 1. The van der Waals surface area contributed by atoms with E-state index in [9.17, 15) is 4.79 Å². The normalized spacial score (nSPS) is 10.2. The Labute approximate surface area is 169 Å². The van der Waals surface area contributed by atoms with Gasteiger partial charge in [0.1, 0.15) is 0 Å². The van der Waals surface area contributed by atoms with Crippen LogP contribution in [0.2, 0.25) is 0 Å². The maximum absolute atomic E-state index is 12.8. The van der Waals surface area contributed by atoms with Crippen LogP contribution in [0, 0.1) is 11.8 Å². The fraction of sp³-hybridized carbons (Fsp3) is 0.273. The maximum atomic E-state index is 12.8. The van der Waals surface area contributed by atoms with Crippen molar-refractivity contribution in [1.29, 1.82) is 0 Å². The number of carbonyl (C=O) groups excluding carboxylic acids is 1. The van der Waals surface area contributed by atoms with E-state index in [0.717, 1.165) is 23.3 Å². The molecule has 0 atom stereocenters. The van der Waals surface area contributed by atoms with Crippen LogP contribution in [0.4, 0.5) is 5.95 Å². The van der Waals surface area contributed by atoms with Gasteiger partial charge in [0, 0.05) is 24.9 Å². The highest BCUT2D eigenvalue weighted by Crippen LogP contribution is 2.18. The van der Waals surface area contributed by atoms with E-state index >= 15 is 0 Å². The van der Waals surface area contributed by atoms with Crippen LogP contribution >= 0.6 is 11.3 Å². The quantitative estimate of drug-likeness (QED) is 0.555. The molecular formula is C22H22N4OS. The lowest BCUT2D eigenvalue weighted by Crippen LogP contribution is -2.33. The van der Waals surface area contributed by atoms with Crippen LogP contribution in [0.1, 0.15) is 37.5 Å². The van der Waals surface area contributed by atoms with Crippen LogP contribution in [0.3, 0.4) is 0 Å². The van der Waals surface area contributed by atoms with E-state index in [1.54, 1.807) is 22.4 Å². The van der Waals surface area contributed by atoms with Crippen molar-refractivity contribution in [3.63, 3.8) is 0 Å². The van der Waals surface area contributed by atoms with Gasteiger partial charge in [-0.2, -0.15) is 5.10 Å². The highest BCUT2D eigenvalue weighted by molar-refractivity contribution is 7.10. The molecule has 2 aromatic heterocycles. The predicted molar refractivity (Wildman–Crippen MR) is 113 cm³/mol. The third-order valence-corrected chi connectivity index (χ3v) is 4.88. The summed E-state index contributed by atoms with van der Waals surface area (Å²) in [5, 5.41) is 10.2. The Morgan fingerprint density at radius 2 is 2.04 bits per heavy atom. The molecular weight excluding hydrogens is 368 g/mol. The molecule has 0 bridgehead atoms. The summed E-state index contributed by atoms with van der Waals surface area (Å²) >= 11 is 1.60. The van der Waals surface area contributed by atoms with Crippen molar-refractivity contribution in [3.05, 3.63) is 58.9 Å². The Hall–Kier alpha value is -3.04. The minimum absolute atomic E-state index is 0.0269. The Balaban J connectivity index is 1.73. The van der Waals surface area contributed by atoms with Crippen molar-refractivity contribution < 1.29 is 4.79 Å². The molecule has 0 saturated heterocycles. The molecule has 0 radical (unpaired) electrons. The van der Waals surface area contributed by atoms with Gasteiger partial charge in [0.15, 0.2) is 0 Å². The average molecular weight is 391 g/mol. The van der Waals surface area contributed by atoms with Gasteiger partial charge in [-0.1, -0.05) is 61.6 Å². The number of hydrogen-bond acceptors (Lipinski definition) is 5. The number of amides is 1. The van der Waals surface area contributed by atoms with Crippen molar-refractivity contribution >= 4 is 23.2 Å². The van der Waals surface area contributed by atoms with Crippen LogP contribution in [-0.4, -0.2) is 27.6 Å². The molecule has 0 fully saturated rings. The SMILES string of the molecule is CCCCN(C(=O)CCC#Cc1cccs1)c1nncc(-c2ccccc2)n1. The van der Waals surface area contributed by atoms with E-state index in [-0.39, 0.29) is 5.91 Å². The van der Waals surface area contributed by atoms with E-state index in [4.69, 9.17) is 0 Å². The number of hydrogen-bond donors (Lipinski definition) is 0. The van der Waals surface area contributed by atoms with Gasteiger partial charge in [-0.3, -0.25) is 9.69 Å². The summed E-state index contributed by atoms with van der Waals surface area (Å²) in [6.45, 7) is 2.67. The molecule has 0 aliphatic rings. The van der Waals surface area contributed by atoms with Gasteiger partial charge in [-0.05, 0) is 17.9 Å². The molecule has 0 spiro atoms. The number of carbonyl (C=O) groups is 1. The Bertz CT molecular complexity index is 945. The molecule has 3 rings (SSSR count). The predicted octanol–water partition coefficient (Wildman–Crippen LogP) is 4.57. The van der Waals surface area contributed by atoms with Crippen molar-refractivity contribution in [2.75, 3.05) is 11.4 Å². The molecule has 5 nitrogen and oxygen atoms in total. The monoisotopic (exact) mass is 390 g/mol. The standard InChI is InChI=1S/C22H22N4OS/c1-2-3-15-26(21(27)14-8-7-12-19-13-9-16-28-19)22-24-20(17-23-25-22)18-10-5-4-6-11-18/h4-6,9-11,13,16-17H,2-3,8,14-15H2,1H3. The molecule has 1 amide bonds. The zero-order valence-corrected chi connectivity index (χ0v) is 16.7. The van der Waals surface area contributed by atoms with Gasteiger partial charge >= 0.3 is 0 Å². The zero-order valence-electron chi connectivity index (χ0n) is 15.8. The number of nitrogens with zero attached hydrogens (tertiary/aromatic N) is 4. The summed E-state index contributed by atoms with van der Waals surface area (Å²) in [6, 6.07) is 13.7. The maximum Gasteiger partial charge on any atom is 0.252 e. The van der Waals surface area contributed by atoms with E-state index in [2.05, 4.69) is 33.9 Å². The van der Waals surface area contributed by atoms with E-state index in [1.165, 1.54) is 0 Å².